The fourth-order valence-electron chi connectivity index (χ4n) is 5.11. The molecule has 2 aromatic carbocycles. The van der Waals surface area contributed by atoms with Crippen LogP contribution in [-0.4, -0.2) is 26.9 Å². The van der Waals surface area contributed by atoms with E-state index < -0.39 is 0 Å². The zero-order valence-electron chi connectivity index (χ0n) is 18.5. The fraction of sp³-hybridized carbons (Fsp3) is 0.400. The molecule has 1 aliphatic carbocycles. The third kappa shape index (κ3) is 3.12. The van der Waals surface area contributed by atoms with Gasteiger partial charge in [0, 0.05) is 11.5 Å². The molecule has 5 rings (SSSR count). The molecule has 31 heavy (non-hydrogen) atoms. The number of H-pyrrole nitrogens is 1. The highest BCUT2D eigenvalue weighted by Crippen LogP contribution is 2.69. The molecule has 2 aliphatic rings. The molecule has 6 nitrogen and oxygen atoms in total. The SMILES string of the molecule is CC1(C)C(C(=O)N2Cc3[nH]nc(NC(=O)Cc4ccc5ccccc5c4)c3C2)C1(C)C. The molecule has 0 atom stereocenters. The van der Waals surface area contributed by atoms with Crippen LogP contribution in [0.3, 0.4) is 0 Å². The van der Waals surface area contributed by atoms with Crippen LogP contribution in [0.15, 0.2) is 42.5 Å². The number of rotatable bonds is 4. The number of hydrogen-bond donors (Lipinski definition) is 2. The third-order valence-electron chi connectivity index (χ3n) is 7.67. The zero-order valence-corrected chi connectivity index (χ0v) is 18.5. The summed E-state index contributed by atoms with van der Waals surface area (Å²) in [5.41, 5.74) is 2.80. The molecule has 1 aromatic heterocycles. The van der Waals surface area contributed by atoms with E-state index in [0.29, 0.717) is 18.9 Å². The Morgan fingerprint density at radius 2 is 1.77 bits per heavy atom. The number of hydrogen-bond acceptors (Lipinski definition) is 3. The van der Waals surface area contributed by atoms with Crippen molar-refractivity contribution in [1.82, 2.24) is 15.1 Å². The first kappa shape index (κ1) is 19.8. The number of nitrogens with one attached hydrogen (secondary N) is 2. The summed E-state index contributed by atoms with van der Waals surface area (Å²) in [6.45, 7) is 9.63. The molecule has 3 aromatic rings. The topological polar surface area (TPSA) is 78.1 Å². The lowest BCUT2D eigenvalue weighted by atomic mass is 10.0. The fourth-order valence-corrected chi connectivity index (χ4v) is 5.11. The first-order chi connectivity index (χ1) is 14.7. The molecule has 2 heterocycles. The van der Waals surface area contributed by atoms with E-state index in [0.717, 1.165) is 27.6 Å². The van der Waals surface area contributed by atoms with Gasteiger partial charge in [-0.3, -0.25) is 14.7 Å². The number of fused-ring (bicyclic) bond motifs is 2. The molecule has 0 spiro atoms. The van der Waals surface area contributed by atoms with Crippen LogP contribution in [-0.2, 0) is 29.1 Å². The molecule has 1 aliphatic heterocycles. The van der Waals surface area contributed by atoms with Gasteiger partial charge in [0.2, 0.25) is 11.8 Å². The van der Waals surface area contributed by atoms with Crippen molar-refractivity contribution in [3.05, 3.63) is 59.3 Å². The van der Waals surface area contributed by atoms with Crippen molar-refractivity contribution in [2.75, 3.05) is 5.32 Å². The van der Waals surface area contributed by atoms with E-state index in [-0.39, 0.29) is 35.0 Å². The van der Waals surface area contributed by atoms with Gasteiger partial charge in [0.25, 0.3) is 0 Å². The van der Waals surface area contributed by atoms with Gasteiger partial charge in [0.1, 0.15) is 0 Å². The normalized spacial score (nSPS) is 18.8. The molecule has 160 valence electrons. The van der Waals surface area contributed by atoms with Crippen molar-refractivity contribution in [2.24, 2.45) is 16.7 Å². The van der Waals surface area contributed by atoms with Crippen molar-refractivity contribution in [1.29, 1.82) is 0 Å². The second-order valence-corrected chi connectivity index (χ2v) is 10.0. The minimum Gasteiger partial charge on any atom is -0.332 e. The molecule has 0 saturated heterocycles. The predicted octanol–water partition coefficient (Wildman–Crippen LogP) is 4.27. The Labute approximate surface area is 182 Å². The maximum Gasteiger partial charge on any atom is 0.230 e. The van der Waals surface area contributed by atoms with Crippen molar-refractivity contribution < 1.29 is 9.59 Å². The van der Waals surface area contributed by atoms with E-state index in [9.17, 15) is 9.59 Å². The molecule has 2 amide bonds. The average Bonchev–Trinajstić information content (AvgIpc) is 3.10. The van der Waals surface area contributed by atoms with Crippen LogP contribution in [0.1, 0.15) is 44.5 Å². The van der Waals surface area contributed by atoms with Crippen molar-refractivity contribution >= 4 is 28.4 Å². The summed E-state index contributed by atoms with van der Waals surface area (Å²) >= 11 is 0. The number of aromatic nitrogens is 2. The maximum atomic E-state index is 13.1. The van der Waals surface area contributed by atoms with Gasteiger partial charge in [-0.2, -0.15) is 5.10 Å². The smallest absolute Gasteiger partial charge is 0.230 e. The summed E-state index contributed by atoms with van der Waals surface area (Å²) in [6.07, 6.45) is 0.277. The molecular weight excluding hydrogens is 388 g/mol. The molecule has 0 unspecified atom stereocenters. The van der Waals surface area contributed by atoms with Gasteiger partial charge in [-0.25, -0.2) is 0 Å². The molecular formula is C25H28N4O2. The largest absolute Gasteiger partial charge is 0.332 e. The number of amides is 2. The van der Waals surface area contributed by atoms with E-state index in [1.807, 2.05) is 41.3 Å². The van der Waals surface area contributed by atoms with Crippen LogP contribution in [0.25, 0.3) is 10.8 Å². The minimum absolute atomic E-state index is 0.00946. The second-order valence-electron chi connectivity index (χ2n) is 10.0. The van der Waals surface area contributed by atoms with Gasteiger partial charge in [0.15, 0.2) is 5.82 Å². The standard InChI is InChI=1S/C25H28N4O2/c1-24(2)21(25(24,3)4)23(31)29-13-18-19(14-29)27-28-22(18)26-20(30)12-15-9-10-16-7-5-6-8-17(16)11-15/h5-11,21H,12-14H2,1-4H3,(H2,26,27,28,30). The van der Waals surface area contributed by atoms with Crippen LogP contribution >= 0.6 is 0 Å². The first-order valence-electron chi connectivity index (χ1n) is 10.8. The van der Waals surface area contributed by atoms with Gasteiger partial charge >= 0.3 is 0 Å². The number of anilines is 1. The van der Waals surface area contributed by atoms with Gasteiger partial charge in [-0.1, -0.05) is 70.2 Å². The number of carbonyl (C=O) groups is 2. The lowest BCUT2D eigenvalue weighted by Gasteiger charge is -2.17. The van der Waals surface area contributed by atoms with Crippen LogP contribution in [0.5, 0.6) is 0 Å². The Hall–Kier alpha value is -3.15. The Bertz CT molecular complexity index is 1190. The molecule has 1 fully saturated rings. The molecule has 2 N–H and O–H groups in total. The summed E-state index contributed by atoms with van der Waals surface area (Å²) in [5.74, 6) is 0.639. The van der Waals surface area contributed by atoms with Gasteiger partial charge in [-0.15, -0.1) is 0 Å². The monoisotopic (exact) mass is 416 g/mol. The number of carbonyl (C=O) groups excluding carboxylic acids is 2. The zero-order chi connectivity index (χ0) is 22.0. The van der Waals surface area contributed by atoms with Crippen LogP contribution in [0.4, 0.5) is 5.82 Å². The van der Waals surface area contributed by atoms with Gasteiger partial charge in [0.05, 0.1) is 25.2 Å². The summed E-state index contributed by atoms with van der Waals surface area (Å²) < 4.78 is 0. The average molecular weight is 417 g/mol. The lowest BCUT2D eigenvalue weighted by Crippen LogP contribution is -2.29. The van der Waals surface area contributed by atoms with Gasteiger partial charge < -0.3 is 10.2 Å². The highest BCUT2D eigenvalue weighted by atomic mass is 16.2. The molecule has 1 saturated carbocycles. The van der Waals surface area contributed by atoms with Crippen LogP contribution in [0.2, 0.25) is 0 Å². The molecule has 0 radical (unpaired) electrons. The quantitative estimate of drug-likeness (QED) is 0.667. The maximum absolute atomic E-state index is 13.1. The highest BCUT2D eigenvalue weighted by molar-refractivity contribution is 5.93. The van der Waals surface area contributed by atoms with E-state index in [2.05, 4.69) is 49.3 Å². The number of aromatic amines is 1. The summed E-state index contributed by atoms with van der Waals surface area (Å²) in [4.78, 5) is 27.6. The van der Waals surface area contributed by atoms with Gasteiger partial charge in [-0.05, 0) is 27.2 Å². The lowest BCUT2D eigenvalue weighted by molar-refractivity contribution is -0.134. The predicted molar refractivity (Wildman–Crippen MR) is 120 cm³/mol. The summed E-state index contributed by atoms with van der Waals surface area (Å²) in [6, 6.07) is 14.2. The Morgan fingerprint density at radius 3 is 2.48 bits per heavy atom. The van der Waals surface area contributed by atoms with Crippen LogP contribution < -0.4 is 5.32 Å². The highest BCUT2D eigenvalue weighted by Gasteiger charge is 2.69. The molecule has 6 heteroatoms. The number of nitrogens with zero attached hydrogens (tertiary/aromatic N) is 2. The van der Waals surface area contributed by atoms with E-state index in [1.165, 1.54) is 0 Å². The van der Waals surface area contributed by atoms with E-state index in [4.69, 9.17) is 0 Å². The molecule has 0 bridgehead atoms. The van der Waals surface area contributed by atoms with E-state index >= 15 is 0 Å². The minimum atomic E-state index is -0.112. The Balaban J connectivity index is 1.26. The Kier molecular flexibility index (Phi) is 4.26. The summed E-state index contributed by atoms with van der Waals surface area (Å²) in [5, 5.41) is 12.5. The van der Waals surface area contributed by atoms with Crippen molar-refractivity contribution in [2.45, 2.75) is 47.2 Å². The first-order valence-corrected chi connectivity index (χ1v) is 10.8. The summed E-state index contributed by atoms with van der Waals surface area (Å²) in [7, 11) is 0. The second kappa shape index (κ2) is 6.67. The van der Waals surface area contributed by atoms with Crippen LogP contribution in [0, 0.1) is 16.7 Å². The third-order valence-corrected chi connectivity index (χ3v) is 7.67. The Morgan fingerprint density at radius 1 is 1.06 bits per heavy atom. The van der Waals surface area contributed by atoms with Crippen molar-refractivity contribution in [3.8, 4) is 0 Å². The number of benzene rings is 2. The van der Waals surface area contributed by atoms with Crippen molar-refractivity contribution in [3.63, 3.8) is 0 Å². The van der Waals surface area contributed by atoms with E-state index in [1.54, 1.807) is 0 Å².